The van der Waals surface area contributed by atoms with Gasteiger partial charge in [-0.2, -0.15) is 0 Å². The van der Waals surface area contributed by atoms with Crippen molar-refractivity contribution in [1.82, 2.24) is 4.90 Å². The molecule has 0 bridgehead atoms. The fourth-order valence-electron chi connectivity index (χ4n) is 3.60. The third kappa shape index (κ3) is 5.14. The van der Waals surface area contributed by atoms with Crippen LogP contribution in [0.1, 0.15) is 37.0 Å². The highest BCUT2D eigenvalue weighted by atomic mass is 16.5. The van der Waals surface area contributed by atoms with Crippen LogP contribution >= 0.6 is 0 Å². The summed E-state index contributed by atoms with van der Waals surface area (Å²) in [5.74, 6) is 0.115. The van der Waals surface area contributed by atoms with E-state index in [-0.39, 0.29) is 11.8 Å². The van der Waals surface area contributed by atoms with Crippen molar-refractivity contribution in [2.75, 3.05) is 31.7 Å². The summed E-state index contributed by atoms with van der Waals surface area (Å²) in [4.78, 5) is 27.8. The van der Waals surface area contributed by atoms with E-state index >= 15 is 0 Å². The lowest BCUT2D eigenvalue weighted by atomic mass is 10.0. The van der Waals surface area contributed by atoms with E-state index in [0.29, 0.717) is 49.6 Å². The molecule has 2 aromatic rings. The van der Waals surface area contributed by atoms with Gasteiger partial charge in [-0.1, -0.05) is 29.8 Å². The summed E-state index contributed by atoms with van der Waals surface area (Å²) in [6, 6.07) is 13.2. The highest BCUT2D eigenvalue weighted by Gasteiger charge is 2.39. The molecule has 6 nitrogen and oxygen atoms in total. The molecule has 0 unspecified atom stereocenters. The number of anilines is 1. The van der Waals surface area contributed by atoms with E-state index in [1.165, 1.54) is 4.90 Å². The number of hydrogen-bond donors (Lipinski definition) is 1. The Morgan fingerprint density at radius 2 is 1.68 bits per heavy atom. The number of benzene rings is 2. The van der Waals surface area contributed by atoms with E-state index in [1.54, 1.807) is 0 Å². The van der Waals surface area contributed by atoms with Crippen LogP contribution in [-0.2, 0) is 14.3 Å². The summed E-state index contributed by atoms with van der Waals surface area (Å²) >= 11 is 0. The van der Waals surface area contributed by atoms with Gasteiger partial charge in [0.05, 0.1) is 12.2 Å². The molecule has 0 spiro atoms. The fourth-order valence-corrected chi connectivity index (χ4v) is 3.60. The number of ether oxygens (including phenoxy) is 2. The van der Waals surface area contributed by atoms with Gasteiger partial charge in [-0.15, -0.1) is 0 Å². The predicted octanol–water partition coefficient (Wildman–Crippen LogP) is 4.32. The Balaban J connectivity index is 1.95. The number of carbonyl (C=O) groups is 2. The monoisotopic (exact) mass is 422 g/mol. The van der Waals surface area contributed by atoms with Gasteiger partial charge in [0.2, 0.25) is 0 Å². The molecule has 0 fully saturated rings. The lowest BCUT2D eigenvalue weighted by molar-refractivity contribution is -0.137. The van der Waals surface area contributed by atoms with Crippen molar-refractivity contribution in [2.24, 2.45) is 0 Å². The van der Waals surface area contributed by atoms with E-state index in [9.17, 15) is 9.59 Å². The summed E-state index contributed by atoms with van der Waals surface area (Å²) in [6.07, 6.45) is 0.596. The molecule has 0 radical (unpaired) electrons. The van der Waals surface area contributed by atoms with Crippen molar-refractivity contribution < 1.29 is 19.1 Å². The summed E-state index contributed by atoms with van der Waals surface area (Å²) in [7, 11) is 0. The Morgan fingerprint density at radius 1 is 0.935 bits per heavy atom. The largest absolute Gasteiger partial charge is 0.494 e. The third-order valence-corrected chi connectivity index (χ3v) is 5.14. The number of carbonyl (C=O) groups excluding carboxylic acids is 2. The molecule has 164 valence electrons. The van der Waals surface area contributed by atoms with Crippen molar-refractivity contribution in [1.29, 1.82) is 0 Å². The molecular weight excluding hydrogens is 392 g/mol. The molecule has 0 aliphatic carbocycles. The molecule has 1 aliphatic rings. The lowest BCUT2D eigenvalue weighted by Crippen LogP contribution is -2.34. The fraction of sp³-hybridized carbons (Fsp3) is 0.360. The average Bonchev–Trinajstić information content (AvgIpc) is 2.98. The summed E-state index contributed by atoms with van der Waals surface area (Å²) in [5, 5.41) is 3.24. The quantitative estimate of drug-likeness (QED) is 0.456. The van der Waals surface area contributed by atoms with E-state index in [0.717, 1.165) is 22.6 Å². The first-order valence-corrected chi connectivity index (χ1v) is 10.7. The second-order valence-corrected chi connectivity index (χ2v) is 7.46. The molecule has 0 atom stereocenters. The van der Waals surface area contributed by atoms with E-state index in [4.69, 9.17) is 9.47 Å². The second kappa shape index (κ2) is 10.3. The van der Waals surface area contributed by atoms with Crippen molar-refractivity contribution in [3.8, 4) is 5.75 Å². The van der Waals surface area contributed by atoms with Gasteiger partial charge in [0.25, 0.3) is 11.8 Å². The summed E-state index contributed by atoms with van der Waals surface area (Å²) in [5.41, 5.74) is 4.31. The number of rotatable bonds is 10. The summed E-state index contributed by atoms with van der Waals surface area (Å²) in [6.45, 7) is 9.83. The van der Waals surface area contributed by atoms with Crippen LogP contribution in [0.15, 0.2) is 48.2 Å². The van der Waals surface area contributed by atoms with Crippen LogP contribution in [0.3, 0.4) is 0 Å². The maximum Gasteiger partial charge on any atom is 0.278 e. The van der Waals surface area contributed by atoms with Crippen molar-refractivity contribution >= 4 is 23.1 Å². The van der Waals surface area contributed by atoms with Crippen LogP contribution < -0.4 is 10.1 Å². The standard InChI is InChI=1S/C25H30N2O4/c1-5-30-15-7-14-27-24(28)22(19-9-11-20(12-10-19)31-6-2)23(25(27)29)26-21-13-8-17(3)16-18(21)4/h8-13,16,26H,5-7,14-15H2,1-4H3. The van der Waals surface area contributed by atoms with E-state index in [2.05, 4.69) is 5.32 Å². The molecular formula is C25H30N2O4. The smallest absolute Gasteiger partial charge is 0.278 e. The first-order chi connectivity index (χ1) is 15.0. The first kappa shape index (κ1) is 22.6. The van der Waals surface area contributed by atoms with Gasteiger partial charge in [-0.05, 0) is 63.4 Å². The molecule has 0 aromatic heterocycles. The van der Waals surface area contributed by atoms with Gasteiger partial charge in [-0.25, -0.2) is 0 Å². The normalized spacial score (nSPS) is 13.9. The van der Waals surface area contributed by atoms with Crippen LogP contribution in [0.25, 0.3) is 5.57 Å². The number of aryl methyl sites for hydroxylation is 2. The van der Waals surface area contributed by atoms with Crippen molar-refractivity contribution in [3.05, 3.63) is 64.9 Å². The average molecular weight is 423 g/mol. The molecule has 1 aliphatic heterocycles. The van der Waals surface area contributed by atoms with Gasteiger partial charge in [0, 0.05) is 25.4 Å². The van der Waals surface area contributed by atoms with Crippen molar-refractivity contribution in [3.63, 3.8) is 0 Å². The maximum absolute atomic E-state index is 13.3. The minimum absolute atomic E-state index is 0.294. The molecule has 3 rings (SSSR count). The number of imide groups is 1. The first-order valence-electron chi connectivity index (χ1n) is 10.7. The summed E-state index contributed by atoms with van der Waals surface area (Å²) < 4.78 is 10.9. The van der Waals surface area contributed by atoms with Gasteiger partial charge in [0.15, 0.2) is 0 Å². The molecule has 1 N–H and O–H groups in total. The lowest BCUT2D eigenvalue weighted by Gasteiger charge is -2.15. The molecule has 0 saturated carbocycles. The Labute approximate surface area is 183 Å². The van der Waals surface area contributed by atoms with Crippen LogP contribution in [0, 0.1) is 13.8 Å². The molecule has 6 heteroatoms. The Hall–Kier alpha value is -3.12. The highest BCUT2D eigenvalue weighted by Crippen LogP contribution is 2.32. The zero-order chi connectivity index (χ0) is 22.4. The zero-order valence-corrected chi connectivity index (χ0v) is 18.7. The maximum atomic E-state index is 13.3. The minimum Gasteiger partial charge on any atom is -0.494 e. The van der Waals surface area contributed by atoms with Gasteiger partial charge >= 0.3 is 0 Å². The predicted molar refractivity (Wildman–Crippen MR) is 122 cm³/mol. The van der Waals surface area contributed by atoms with Gasteiger partial charge in [-0.3, -0.25) is 14.5 Å². The number of nitrogens with zero attached hydrogens (tertiary/aromatic N) is 1. The molecule has 31 heavy (non-hydrogen) atoms. The topological polar surface area (TPSA) is 67.9 Å². The van der Waals surface area contributed by atoms with E-state index in [1.807, 2.05) is 70.2 Å². The van der Waals surface area contributed by atoms with Gasteiger partial charge < -0.3 is 14.8 Å². The minimum atomic E-state index is -0.314. The SMILES string of the molecule is CCOCCCN1C(=O)C(Nc2ccc(C)cc2C)=C(c2ccc(OCC)cc2)C1=O. The van der Waals surface area contributed by atoms with Crippen LogP contribution in [-0.4, -0.2) is 43.1 Å². The molecule has 0 saturated heterocycles. The third-order valence-electron chi connectivity index (χ3n) is 5.14. The highest BCUT2D eigenvalue weighted by molar-refractivity contribution is 6.36. The van der Waals surface area contributed by atoms with Gasteiger partial charge in [0.1, 0.15) is 11.4 Å². The van der Waals surface area contributed by atoms with Crippen LogP contribution in [0.2, 0.25) is 0 Å². The molecule has 2 aromatic carbocycles. The van der Waals surface area contributed by atoms with Crippen molar-refractivity contribution in [2.45, 2.75) is 34.1 Å². The molecule has 1 heterocycles. The Morgan fingerprint density at radius 3 is 2.32 bits per heavy atom. The van der Waals surface area contributed by atoms with E-state index < -0.39 is 0 Å². The van der Waals surface area contributed by atoms with Crippen LogP contribution in [0.4, 0.5) is 5.69 Å². The number of nitrogens with one attached hydrogen (secondary N) is 1. The Kier molecular flexibility index (Phi) is 7.47. The number of hydrogen-bond acceptors (Lipinski definition) is 5. The van der Waals surface area contributed by atoms with Crippen LogP contribution in [0.5, 0.6) is 5.75 Å². The second-order valence-electron chi connectivity index (χ2n) is 7.46. The Bertz CT molecular complexity index is 980. The number of amides is 2. The molecule has 2 amide bonds. The zero-order valence-electron chi connectivity index (χ0n) is 18.7.